The molecule has 2 rings (SSSR count). The normalized spacial score (nSPS) is 12.3. The summed E-state index contributed by atoms with van der Waals surface area (Å²) in [5.74, 6) is -1.03. The quantitative estimate of drug-likeness (QED) is 0.397. The number of sulfonamides is 1. The standard InChI is InChI=1S/C24H31FIN3O4S/c1-5-22(24(31)27-14-17(2)3)28(15-18-6-8-19(25)9-7-18)23(30)16-29(34(4,32)33)21-12-10-20(26)11-13-21/h6-13,17,22H,5,14-16H2,1-4H3,(H,27,31)/t22-/m1/s1. The summed E-state index contributed by atoms with van der Waals surface area (Å²) in [6, 6.07) is 11.6. The Kier molecular flexibility index (Phi) is 10.3. The summed E-state index contributed by atoms with van der Waals surface area (Å²) >= 11 is 2.11. The van der Waals surface area contributed by atoms with Gasteiger partial charge in [0.05, 0.1) is 11.9 Å². The molecule has 10 heteroatoms. The number of amides is 2. The van der Waals surface area contributed by atoms with Crippen LogP contribution in [0.4, 0.5) is 10.1 Å². The first-order valence-electron chi connectivity index (χ1n) is 11.0. The lowest BCUT2D eigenvalue weighted by molar-refractivity contribution is -0.140. The Hall–Kier alpha value is -2.21. The number of benzene rings is 2. The molecule has 0 spiro atoms. The molecule has 1 N–H and O–H groups in total. The lowest BCUT2D eigenvalue weighted by Crippen LogP contribution is -2.52. The first-order chi connectivity index (χ1) is 15.9. The van der Waals surface area contributed by atoms with Crippen LogP contribution in [0, 0.1) is 15.3 Å². The minimum Gasteiger partial charge on any atom is -0.354 e. The molecule has 0 unspecified atom stereocenters. The van der Waals surface area contributed by atoms with Gasteiger partial charge in [0, 0.05) is 16.7 Å². The van der Waals surface area contributed by atoms with E-state index in [4.69, 9.17) is 0 Å². The van der Waals surface area contributed by atoms with Crippen molar-refractivity contribution in [1.29, 1.82) is 0 Å². The second-order valence-corrected chi connectivity index (χ2v) is 11.6. The molecule has 0 aromatic heterocycles. The Bertz CT molecular complexity index is 1080. The summed E-state index contributed by atoms with van der Waals surface area (Å²) in [7, 11) is -3.78. The Morgan fingerprint density at radius 2 is 1.65 bits per heavy atom. The number of halogens is 2. The van der Waals surface area contributed by atoms with Gasteiger partial charge in [-0.05, 0) is 76.9 Å². The Morgan fingerprint density at radius 3 is 2.15 bits per heavy atom. The SMILES string of the molecule is CC[C@H](C(=O)NCC(C)C)N(Cc1ccc(F)cc1)C(=O)CN(c1ccc(I)cc1)S(C)(=O)=O. The number of hydrogen-bond donors (Lipinski definition) is 1. The third kappa shape index (κ3) is 8.23. The van der Waals surface area contributed by atoms with E-state index in [0.29, 0.717) is 24.2 Å². The highest BCUT2D eigenvalue weighted by Crippen LogP contribution is 2.21. The minimum atomic E-state index is -3.78. The summed E-state index contributed by atoms with van der Waals surface area (Å²) in [5, 5.41) is 2.86. The monoisotopic (exact) mass is 603 g/mol. The molecule has 0 saturated carbocycles. The van der Waals surface area contributed by atoms with E-state index in [-0.39, 0.29) is 18.4 Å². The molecule has 0 heterocycles. The lowest BCUT2D eigenvalue weighted by atomic mass is 10.1. The van der Waals surface area contributed by atoms with E-state index in [1.807, 2.05) is 13.8 Å². The molecule has 34 heavy (non-hydrogen) atoms. The molecule has 7 nitrogen and oxygen atoms in total. The van der Waals surface area contributed by atoms with E-state index in [0.717, 1.165) is 14.1 Å². The third-order valence-corrected chi connectivity index (χ3v) is 6.99. The summed E-state index contributed by atoms with van der Waals surface area (Å²) in [5.41, 5.74) is 0.986. The summed E-state index contributed by atoms with van der Waals surface area (Å²) in [4.78, 5) is 27.8. The van der Waals surface area contributed by atoms with Crippen LogP contribution in [0.1, 0.15) is 32.8 Å². The zero-order chi connectivity index (χ0) is 25.5. The number of hydrogen-bond acceptors (Lipinski definition) is 4. The highest BCUT2D eigenvalue weighted by Gasteiger charge is 2.31. The molecule has 2 aromatic rings. The maximum atomic E-state index is 13.5. The van der Waals surface area contributed by atoms with Crippen molar-refractivity contribution >= 4 is 50.1 Å². The maximum Gasteiger partial charge on any atom is 0.244 e. The van der Waals surface area contributed by atoms with Crippen LogP contribution in [0.25, 0.3) is 0 Å². The van der Waals surface area contributed by atoms with Gasteiger partial charge in [0.15, 0.2) is 0 Å². The highest BCUT2D eigenvalue weighted by atomic mass is 127. The fourth-order valence-electron chi connectivity index (χ4n) is 3.35. The third-order valence-electron chi connectivity index (χ3n) is 5.13. The van der Waals surface area contributed by atoms with Crippen LogP contribution in [-0.2, 0) is 26.2 Å². The van der Waals surface area contributed by atoms with Crippen molar-refractivity contribution in [3.05, 3.63) is 63.5 Å². The van der Waals surface area contributed by atoms with Crippen molar-refractivity contribution in [3.63, 3.8) is 0 Å². The van der Waals surface area contributed by atoms with Crippen LogP contribution in [0.3, 0.4) is 0 Å². The predicted molar refractivity (Wildman–Crippen MR) is 140 cm³/mol. The van der Waals surface area contributed by atoms with Gasteiger partial charge >= 0.3 is 0 Å². The van der Waals surface area contributed by atoms with Crippen LogP contribution in [0.2, 0.25) is 0 Å². The maximum absolute atomic E-state index is 13.5. The van der Waals surface area contributed by atoms with Gasteiger partial charge in [0.2, 0.25) is 21.8 Å². The zero-order valence-corrected chi connectivity index (χ0v) is 22.8. The van der Waals surface area contributed by atoms with Gasteiger partial charge in [0.1, 0.15) is 18.4 Å². The number of nitrogens with one attached hydrogen (secondary N) is 1. The van der Waals surface area contributed by atoms with Crippen LogP contribution >= 0.6 is 22.6 Å². The van der Waals surface area contributed by atoms with E-state index in [2.05, 4.69) is 27.9 Å². The summed E-state index contributed by atoms with van der Waals surface area (Å²) < 4.78 is 40.5. The number of anilines is 1. The largest absolute Gasteiger partial charge is 0.354 e. The highest BCUT2D eigenvalue weighted by molar-refractivity contribution is 14.1. The van der Waals surface area contributed by atoms with E-state index in [9.17, 15) is 22.4 Å². The Morgan fingerprint density at radius 1 is 1.06 bits per heavy atom. The average molecular weight is 603 g/mol. The van der Waals surface area contributed by atoms with Crippen molar-refractivity contribution in [2.45, 2.75) is 39.8 Å². The topological polar surface area (TPSA) is 86.8 Å². The van der Waals surface area contributed by atoms with Gasteiger partial charge in [-0.3, -0.25) is 13.9 Å². The van der Waals surface area contributed by atoms with Crippen molar-refractivity contribution in [1.82, 2.24) is 10.2 Å². The van der Waals surface area contributed by atoms with Gasteiger partial charge in [-0.1, -0.05) is 32.9 Å². The molecule has 0 saturated heterocycles. The molecule has 0 bridgehead atoms. The van der Waals surface area contributed by atoms with E-state index in [1.54, 1.807) is 43.3 Å². The average Bonchev–Trinajstić information content (AvgIpc) is 2.77. The van der Waals surface area contributed by atoms with Crippen LogP contribution in [0.5, 0.6) is 0 Å². The number of carbonyl (C=O) groups excluding carboxylic acids is 2. The Labute approximate surface area is 214 Å². The fourth-order valence-corrected chi connectivity index (χ4v) is 4.56. The van der Waals surface area contributed by atoms with Crippen molar-refractivity contribution in [2.24, 2.45) is 5.92 Å². The van der Waals surface area contributed by atoms with E-state index < -0.39 is 34.3 Å². The molecule has 0 aliphatic rings. The first-order valence-corrected chi connectivity index (χ1v) is 13.9. The summed E-state index contributed by atoms with van der Waals surface area (Å²) in [6.07, 6.45) is 1.37. The molecule has 1 atom stereocenters. The molecule has 0 aliphatic carbocycles. The van der Waals surface area contributed by atoms with E-state index >= 15 is 0 Å². The van der Waals surface area contributed by atoms with Crippen molar-refractivity contribution in [3.8, 4) is 0 Å². The molecule has 186 valence electrons. The molecule has 0 radical (unpaired) electrons. The van der Waals surface area contributed by atoms with Crippen LogP contribution in [-0.4, -0.2) is 50.5 Å². The molecule has 0 fully saturated rings. The fraction of sp³-hybridized carbons (Fsp3) is 0.417. The van der Waals surface area contributed by atoms with Crippen LogP contribution < -0.4 is 9.62 Å². The van der Waals surface area contributed by atoms with Gasteiger partial charge in [-0.15, -0.1) is 0 Å². The molecule has 2 aromatic carbocycles. The van der Waals surface area contributed by atoms with E-state index in [1.165, 1.54) is 17.0 Å². The number of carbonyl (C=O) groups is 2. The van der Waals surface area contributed by atoms with Gasteiger partial charge < -0.3 is 10.2 Å². The molecule has 0 aliphatic heterocycles. The second-order valence-electron chi connectivity index (χ2n) is 8.46. The lowest BCUT2D eigenvalue weighted by Gasteiger charge is -2.33. The smallest absolute Gasteiger partial charge is 0.244 e. The molecular formula is C24H31FIN3O4S. The molecular weight excluding hydrogens is 572 g/mol. The first kappa shape index (κ1) is 28.0. The predicted octanol–water partition coefficient (Wildman–Crippen LogP) is 3.78. The van der Waals surface area contributed by atoms with Crippen LogP contribution in [0.15, 0.2) is 48.5 Å². The molecule has 2 amide bonds. The van der Waals surface area contributed by atoms with Gasteiger partial charge in [0.25, 0.3) is 0 Å². The van der Waals surface area contributed by atoms with Gasteiger partial charge in [-0.2, -0.15) is 0 Å². The van der Waals surface area contributed by atoms with Gasteiger partial charge in [-0.25, -0.2) is 12.8 Å². The number of rotatable bonds is 11. The zero-order valence-electron chi connectivity index (χ0n) is 19.8. The summed E-state index contributed by atoms with van der Waals surface area (Å²) in [6.45, 7) is 5.75. The number of nitrogens with zero attached hydrogens (tertiary/aromatic N) is 2. The van der Waals surface area contributed by atoms with Crippen molar-refractivity contribution in [2.75, 3.05) is 23.7 Å². The van der Waals surface area contributed by atoms with Crippen molar-refractivity contribution < 1.29 is 22.4 Å². The second kappa shape index (κ2) is 12.5. The minimum absolute atomic E-state index is 0.0387. The Balaban J connectivity index is 2.39.